The number of benzene rings is 1. The number of carbonyl (C=O) groups is 3. The Kier molecular flexibility index (Phi) is 5.35. The lowest BCUT2D eigenvalue weighted by Gasteiger charge is -2.59. The summed E-state index contributed by atoms with van der Waals surface area (Å²) in [7, 11) is 0. The molecule has 0 radical (unpaired) electrons. The van der Waals surface area contributed by atoms with Crippen LogP contribution < -0.4 is 0 Å². The second-order valence-electron chi connectivity index (χ2n) is 12.6. The molecule has 3 aliphatic carbocycles. The zero-order valence-electron chi connectivity index (χ0n) is 23.7. The second kappa shape index (κ2) is 8.14. The van der Waals surface area contributed by atoms with E-state index in [0.29, 0.717) is 17.6 Å². The maximum Gasteiger partial charge on any atom is 0.313 e. The fraction of sp³-hybridized carbons (Fsp3) is 0.581. The third-order valence-corrected chi connectivity index (χ3v) is 10.3. The van der Waals surface area contributed by atoms with Crippen LogP contribution in [0.2, 0.25) is 0 Å². The number of rotatable bonds is 5. The van der Waals surface area contributed by atoms with Crippen molar-refractivity contribution in [1.29, 1.82) is 0 Å². The number of esters is 2. The molecule has 0 spiro atoms. The lowest BCUT2D eigenvalue weighted by atomic mass is 9.54. The van der Waals surface area contributed by atoms with Crippen molar-refractivity contribution < 1.29 is 47.9 Å². The van der Waals surface area contributed by atoms with Crippen LogP contribution in [-0.2, 0) is 48.8 Å². The Bertz CT molecular complexity index is 1420. The molecule has 2 saturated carbocycles. The van der Waals surface area contributed by atoms with E-state index in [9.17, 15) is 19.5 Å². The summed E-state index contributed by atoms with van der Waals surface area (Å²) in [5.41, 5.74) is -4.38. The standard InChI is InChI=1S/C31H34O10/c1-15(2)27-13-17(4)30-21-12-16(3)23(34)29(21,35)26(37-19(6)33)28(14-36-18(5)32)25(38-28)22(30)24(27)39-31(40-27,41-30)20-10-8-7-9-11-20/h7-12,17,21-22,24-26,35H,1,13-14H2,2-6H3. The molecule has 1 aromatic rings. The molecule has 0 amide bonds. The van der Waals surface area contributed by atoms with E-state index < -0.39 is 76.2 Å². The summed E-state index contributed by atoms with van der Waals surface area (Å²) < 4.78 is 38.4. The topological polar surface area (TPSA) is 130 Å². The first-order valence-electron chi connectivity index (χ1n) is 14.0. The summed E-state index contributed by atoms with van der Waals surface area (Å²) in [6.07, 6.45) is -0.758. The molecule has 5 fully saturated rings. The van der Waals surface area contributed by atoms with E-state index in [1.165, 1.54) is 13.8 Å². The Hall–Kier alpha value is -2.89. The van der Waals surface area contributed by atoms with Crippen LogP contribution in [0.4, 0.5) is 0 Å². The minimum absolute atomic E-state index is 0.311. The van der Waals surface area contributed by atoms with Crippen LogP contribution in [0.15, 0.2) is 54.1 Å². The van der Waals surface area contributed by atoms with E-state index in [2.05, 4.69) is 6.58 Å². The van der Waals surface area contributed by atoms with Crippen molar-refractivity contribution in [1.82, 2.24) is 0 Å². The van der Waals surface area contributed by atoms with E-state index in [1.807, 2.05) is 44.2 Å². The van der Waals surface area contributed by atoms with Crippen LogP contribution in [0.5, 0.6) is 0 Å². The van der Waals surface area contributed by atoms with Gasteiger partial charge in [-0.25, -0.2) is 0 Å². The van der Waals surface area contributed by atoms with E-state index in [-0.39, 0.29) is 12.5 Å². The molecule has 3 saturated heterocycles. The molecule has 3 heterocycles. The van der Waals surface area contributed by atoms with Gasteiger partial charge >= 0.3 is 17.9 Å². The Balaban J connectivity index is 1.51. The number of ketones is 1. The van der Waals surface area contributed by atoms with Gasteiger partial charge in [0.25, 0.3) is 0 Å². The van der Waals surface area contributed by atoms with Crippen LogP contribution in [-0.4, -0.2) is 70.2 Å². The Morgan fingerprint density at radius 2 is 1.78 bits per heavy atom. The fourth-order valence-corrected chi connectivity index (χ4v) is 8.63. The molecule has 11 unspecified atom stereocenters. The largest absolute Gasteiger partial charge is 0.463 e. The van der Waals surface area contributed by atoms with Gasteiger partial charge in [0.15, 0.2) is 23.1 Å². The van der Waals surface area contributed by atoms with Crippen LogP contribution in [0.1, 0.15) is 46.6 Å². The first-order chi connectivity index (χ1) is 19.3. The van der Waals surface area contributed by atoms with Crippen LogP contribution in [0, 0.1) is 17.8 Å². The molecule has 3 aliphatic heterocycles. The van der Waals surface area contributed by atoms with Gasteiger partial charge < -0.3 is 33.5 Å². The zero-order valence-corrected chi connectivity index (χ0v) is 23.7. The third kappa shape index (κ3) is 3.07. The highest BCUT2D eigenvalue weighted by Gasteiger charge is 2.89. The van der Waals surface area contributed by atoms with Crippen molar-refractivity contribution in [2.24, 2.45) is 17.8 Å². The Labute approximate surface area is 237 Å². The van der Waals surface area contributed by atoms with Gasteiger partial charge in [0.05, 0.1) is 5.60 Å². The minimum atomic E-state index is -2.27. The smallest absolute Gasteiger partial charge is 0.313 e. The number of hydrogen-bond donors (Lipinski definition) is 1. The van der Waals surface area contributed by atoms with Gasteiger partial charge in [-0.2, -0.15) is 0 Å². The van der Waals surface area contributed by atoms with Gasteiger partial charge in [0.1, 0.15) is 24.4 Å². The summed E-state index contributed by atoms with van der Waals surface area (Å²) in [6.45, 7) is 11.9. The highest BCUT2D eigenvalue weighted by Crippen LogP contribution is 2.74. The highest BCUT2D eigenvalue weighted by atomic mass is 16.9. The molecule has 6 aliphatic rings. The maximum atomic E-state index is 14.0. The second-order valence-corrected chi connectivity index (χ2v) is 12.6. The number of hydrogen-bond acceptors (Lipinski definition) is 10. The van der Waals surface area contributed by atoms with Crippen molar-refractivity contribution in [3.63, 3.8) is 0 Å². The van der Waals surface area contributed by atoms with Gasteiger partial charge in [-0.05, 0) is 37.3 Å². The zero-order chi connectivity index (χ0) is 29.3. The molecular weight excluding hydrogens is 532 g/mol. The van der Waals surface area contributed by atoms with Gasteiger partial charge in [-0.15, -0.1) is 0 Å². The van der Waals surface area contributed by atoms with Gasteiger partial charge in [0, 0.05) is 31.2 Å². The molecule has 7 rings (SSSR count). The van der Waals surface area contributed by atoms with Crippen LogP contribution in [0.25, 0.3) is 0 Å². The number of ether oxygens (including phenoxy) is 6. The van der Waals surface area contributed by atoms with Crippen LogP contribution >= 0.6 is 0 Å². The summed E-state index contributed by atoms with van der Waals surface area (Å²) in [5, 5.41) is 12.7. The Morgan fingerprint density at radius 1 is 1.07 bits per heavy atom. The average Bonchev–Trinajstić information content (AvgIpc) is 3.54. The Morgan fingerprint density at radius 3 is 2.41 bits per heavy atom. The lowest BCUT2D eigenvalue weighted by Crippen LogP contribution is -2.72. The van der Waals surface area contributed by atoms with Crippen molar-refractivity contribution in [3.8, 4) is 0 Å². The number of aliphatic hydroxyl groups is 1. The molecule has 0 aromatic heterocycles. The molecular formula is C31H34O10. The molecule has 218 valence electrons. The molecule has 10 nitrogen and oxygen atoms in total. The summed E-state index contributed by atoms with van der Waals surface area (Å²) >= 11 is 0. The first kappa shape index (κ1) is 27.0. The number of fused-ring (bicyclic) bond motifs is 3. The summed E-state index contributed by atoms with van der Waals surface area (Å²) in [4.78, 5) is 38.5. The van der Waals surface area contributed by atoms with E-state index in [0.717, 1.165) is 5.57 Å². The summed E-state index contributed by atoms with van der Waals surface area (Å²) in [6, 6.07) is 9.28. The van der Waals surface area contributed by atoms with Crippen molar-refractivity contribution >= 4 is 17.7 Å². The predicted molar refractivity (Wildman–Crippen MR) is 140 cm³/mol. The predicted octanol–water partition coefficient (Wildman–Crippen LogP) is 2.47. The fourth-order valence-electron chi connectivity index (χ4n) is 8.63. The molecule has 3 bridgehead atoms. The van der Waals surface area contributed by atoms with Crippen molar-refractivity contribution in [2.75, 3.05) is 6.61 Å². The van der Waals surface area contributed by atoms with Gasteiger partial charge in [-0.3, -0.25) is 14.4 Å². The summed E-state index contributed by atoms with van der Waals surface area (Å²) in [5.74, 6) is -5.44. The monoisotopic (exact) mass is 566 g/mol. The molecule has 41 heavy (non-hydrogen) atoms. The lowest BCUT2D eigenvalue weighted by molar-refractivity contribution is -0.439. The van der Waals surface area contributed by atoms with Gasteiger partial charge in [0.2, 0.25) is 0 Å². The highest BCUT2D eigenvalue weighted by molar-refractivity contribution is 6.05. The van der Waals surface area contributed by atoms with E-state index in [1.54, 1.807) is 13.0 Å². The van der Waals surface area contributed by atoms with Crippen molar-refractivity contribution in [2.45, 2.75) is 87.7 Å². The molecule has 11 atom stereocenters. The maximum absolute atomic E-state index is 14.0. The van der Waals surface area contributed by atoms with Gasteiger partial charge in [-0.1, -0.05) is 49.9 Å². The van der Waals surface area contributed by atoms with Crippen molar-refractivity contribution in [3.05, 3.63) is 59.7 Å². The van der Waals surface area contributed by atoms with E-state index in [4.69, 9.17) is 28.4 Å². The van der Waals surface area contributed by atoms with E-state index >= 15 is 0 Å². The quantitative estimate of drug-likeness (QED) is 0.322. The average molecular weight is 567 g/mol. The normalized spacial score (nSPS) is 48.3. The third-order valence-electron chi connectivity index (χ3n) is 10.3. The minimum Gasteiger partial charge on any atom is -0.463 e. The SMILES string of the molecule is C=C(C)C12CC(C)C34OC(c5ccccc5)(OC1C3C1OC1(COC(C)=O)C(OC(C)=O)C1(O)C(=O)C(C)=CC14)O2. The van der Waals surface area contributed by atoms with Crippen LogP contribution in [0.3, 0.4) is 0 Å². The first-order valence-corrected chi connectivity index (χ1v) is 14.0. The number of carbonyl (C=O) groups excluding carboxylic acids is 3. The number of epoxide rings is 1. The molecule has 1 aromatic carbocycles. The molecule has 10 heteroatoms. The number of Topliss-reactive ketones (excluding diaryl/α,β-unsaturated/α-hetero) is 1. The molecule has 1 N–H and O–H groups in total.